The number of thiophene rings is 1. The predicted molar refractivity (Wildman–Crippen MR) is 93.9 cm³/mol. The first-order chi connectivity index (χ1) is 11.6. The number of carbonyl (C=O) groups is 2. The maximum absolute atomic E-state index is 13.6. The summed E-state index contributed by atoms with van der Waals surface area (Å²) in [6.07, 6.45) is 0. The molecule has 7 heteroatoms. The molecule has 0 N–H and O–H groups in total. The van der Waals surface area contributed by atoms with Gasteiger partial charge in [0.25, 0.3) is 5.91 Å². The molecule has 2 amide bonds. The summed E-state index contributed by atoms with van der Waals surface area (Å²) in [7, 11) is 0. The van der Waals surface area contributed by atoms with E-state index in [1.54, 1.807) is 28.0 Å². The molecule has 0 bridgehead atoms. The molecule has 1 saturated heterocycles. The summed E-state index contributed by atoms with van der Waals surface area (Å²) in [5, 5.41) is 1.88. The third kappa shape index (κ3) is 3.96. The van der Waals surface area contributed by atoms with Gasteiger partial charge in [0.15, 0.2) is 0 Å². The molecule has 2 aromatic rings. The van der Waals surface area contributed by atoms with Crippen molar-refractivity contribution in [3.05, 3.63) is 52.5 Å². The number of carbonyl (C=O) groups excluding carboxylic acids is 2. The summed E-state index contributed by atoms with van der Waals surface area (Å²) in [5.41, 5.74) is 0. The van der Waals surface area contributed by atoms with Gasteiger partial charge in [-0.05, 0) is 23.6 Å². The van der Waals surface area contributed by atoms with E-state index in [-0.39, 0.29) is 23.4 Å². The van der Waals surface area contributed by atoms with Crippen molar-refractivity contribution < 1.29 is 14.0 Å². The van der Waals surface area contributed by atoms with Crippen LogP contribution in [0.5, 0.6) is 0 Å². The summed E-state index contributed by atoms with van der Waals surface area (Å²) in [5.74, 6) is -0.0919. The lowest BCUT2D eigenvalue weighted by Crippen LogP contribution is -2.51. The SMILES string of the molecule is O=C(CSc1ccccc1F)N1CCN(C(=O)c2cccs2)CC1. The second kappa shape index (κ2) is 7.81. The van der Waals surface area contributed by atoms with Crippen LogP contribution in [0.25, 0.3) is 0 Å². The monoisotopic (exact) mass is 364 g/mol. The van der Waals surface area contributed by atoms with Crippen molar-refractivity contribution in [3.8, 4) is 0 Å². The average molecular weight is 364 g/mol. The Kier molecular flexibility index (Phi) is 5.52. The van der Waals surface area contributed by atoms with Crippen molar-refractivity contribution in [3.63, 3.8) is 0 Å². The van der Waals surface area contributed by atoms with Crippen LogP contribution < -0.4 is 0 Å². The lowest BCUT2D eigenvalue weighted by Gasteiger charge is -2.34. The van der Waals surface area contributed by atoms with Crippen LogP contribution >= 0.6 is 23.1 Å². The fourth-order valence-electron chi connectivity index (χ4n) is 2.51. The quantitative estimate of drug-likeness (QED) is 0.783. The Morgan fingerprint density at radius 1 is 1.04 bits per heavy atom. The molecule has 0 atom stereocenters. The highest BCUT2D eigenvalue weighted by atomic mass is 32.2. The van der Waals surface area contributed by atoms with Gasteiger partial charge < -0.3 is 9.80 Å². The molecule has 1 aromatic carbocycles. The number of amides is 2. The Balaban J connectivity index is 1.48. The van der Waals surface area contributed by atoms with Crippen molar-refractivity contribution in [1.82, 2.24) is 9.80 Å². The lowest BCUT2D eigenvalue weighted by molar-refractivity contribution is -0.129. The lowest BCUT2D eigenvalue weighted by atomic mass is 10.3. The second-order valence-electron chi connectivity index (χ2n) is 5.37. The van der Waals surface area contributed by atoms with Gasteiger partial charge in [-0.25, -0.2) is 4.39 Å². The van der Waals surface area contributed by atoms with Gasteiger partial charge in [0.1, 0.15) is 5.82 Å². The average Bonchev–Trinajstić information content (AvgIpc) is 3.15. The molecule has 0 saturated carbocycles. The van der Waals surface area contributed by atoms with E-state index in [9.17, 15) is 14.0 Å². The Morgan fingerprint density at radius 3 is 2.42 bits per heavy atom. The molecule has 3 rings (SSSR count). The van der Waals surface area contributed by atoms with Gasteiger partial charge in [0.05, 0.1) is 10.6 Å². The van der Waals surface area contributed by atoms with E-state index in [0.717, 1.165) is 4.88 Å². The highest BCUT2D eigenvalue weighted by Crippen LogP contribution is 2.22. The van der Waals surface area contributed by atoms with Crippen molar-refractivity contribution in [2.24, 2.45) is 0 Å². The van der Waals surface area contributed by atoms with E-state index >= 15 is 0 Å². The van der Waals surface area contributed by atoms with E-state index < -0.39 is 0 Å². The zero-order valence-corrected chi connectivity index (χ0v) is 14.6. The summed E-state index contributed by atoms with van der Waals surface area (Å²) in [4.78, 5) is 29.3. The Bertz CT molecular complexity index is 713. The van der Waals surface area contributed by atoms with Crippen LogP contribution in [0.1, 0.15) is 9.67 Å². The van der Waals surface area contributed by atoms with Crippen LogP contribution in [0, 0.1) is 5.82 Å². The van der Waals surface area contributed by atoms with Crippen LogP contribution in [0.2, 0.25) is 0 Å². The fraction of sp³-hybridized carbons (Fsp3) is 0.294. The van der Waals surface area contributed by atoms with Crippen molar-refractivity contribution in [1.29, 1.82) is 0 Å². The molecule has 0 unspecified atom stereocenters. The molecule has 0 radical (unpaired) electrons. The third-order valence-corrected chi connectivity index (χ3v) is 5.73. The van der Waals surface area contributed by atoms with Gasteiger partial charge in [-0.3, -0.25) is 9.59 Å². The summed E-state index contributed by atoms with van der Waals surface area (Å²) in [6, 6.07) is 10.1. The topological polar surface area (TPSA) is 40.6 Å². The van der Waals surface area contributed by atoms with E-state index in [0.29, 0.717) is 31.1 Å². The molecule has 1 fully saturated rings. The standard InChI is InChI=1S/C17H17FN2O2S2/c18-13-4-1-2-5-14(13)24-12-16(21)19-7-9-20(10-8-19)17(22)15-6-3-11-23-15/h1-6,11H,7-10,12H2. The molecule has 1 aliphatic rings. The first-order valence-electron chi connectivity index (χ1n) is 7.63. The molecule has 24 heavy (non-hydrogen) atoms. The van der Waals surface area contributed by atoms with Gasteiger partial charge in [-0.15, -0.1) is 23.1 Å². The minimum Gasteiger partial charge on any atom is -0.338 e. The largest absolute Gasteiger partial charge is 0.338 e. The molecule has 4 nitrogen and oxygen atoms in total. The highest BCUT2D eigenvalue weighted by Gasteiger charge is 2.25. The maximum Gasteiger partial charge on any atom is 0.264 e. The van der Waals surface area contributed by atoms with Crippen LogP contribution in [0.15, 0.2) is 46.7 Å². The predicted octanol–water partition coefficient (Wildman–Crippen LogP) is 2.96. The van der Waals surface area contributed by atoms with E-state index in [2.05, 4.69) is 0 Å². The maximum atomic E-state index is 13.6. The minimum absolute atomic E-state index is 0.0218. The summed E-state index contributed by atoms with van der Waals surface area (Å²) in [6.45, 7) is 2.11. The number of nitrogens with zero attached hydrogens (tertiary/aromatic N) is 2. The highest BCUT2D eigenvalue weighted by molar-refractivity contribution is 8.00. The van der Waals surface area contributed by atoms with Gasteiger partial charge in [0, 0.05) is 31.1 Å². The number of hydrogen-bond donors (Lipinski definition) is 0. The van der Waals surface area contributed by atoms with Crippen LogP contribution in [-0.4, -0.2) is 53.5 Å². The molecule has 1 aromatic heterocycles. The summed E-state index contributed by atoms with van der Waals surface area (Å²) >= 11 is 2.64. The zero-order valence-electron chi connectivity index (χ0n) is 13.0. The van der Waals surface area contributed by atoms with Gasteiger partial charge in [-0.1, -0.05) is 18.2 Å². The molecule has 0 spiro atoms. The van der Waals surface area contributed by atoms with E-state index in [4.69, 9.17) is 0 Å². The molecule has 1 aliphatic heterocycles. The van der Waals surface area contributed by atoms with E-state index in [1.165, 1.54) is 29.2 Å². The normalized spacial score (nSPS) is 14.7. The van der Waals surface area contributed by atoms with Crippen molar-refractivity contribution in [2.45, 2.75) is 4.90 Å². The zero-order chi connectivity index (χ0) is 16.9. The third-order valence-electron chi connectivity index (χ3n) is 3.84. The van der Waals surface area contributed by atoms with Crippen LogP contribution in [0.3, 0.4) is 0 Å². The molecular weight excluding hydrogens is 347 g/mol. The first-order valence-corrected chi connectivity index (χ1v) is 9.49. The van der Waals surface area contributed by atoms with E-state index in [1.807, 2.05) is 17.5 Å². The van der Waals surface area contributed by atoms with Crippen LogP contribution in [-0.2, 0) is 4.79 Å². The Morgan fingerprint density at radius 2 is 1.75 bits per heavy atom. The smallest absolute Gasteiger partial charge is 0.264 e. The fourth-order valence-corrected chi connectivity index (χ4v) is 4.04. The second-order valence-corrected chi connectivity index (χ2v) is 7.33. The number of rotatable bonds is 4. The van der Waals surface area contributed by atoms with Gasteiger partial charge in [0.2, 0.25) is 5.91 Å². The number of piperazine rings is 1. The van der Waals surface area contributed by atoms with Gasteiger partial charge in [-0.2, -0.15) is 0 Å². The van der Waals surface area contributed by atoms with Crippen molar-refractivity contribution >= 4 is 34.9 Å². The van der Waals surface area contributed by atoms with Crippen LogP contribution in [0.4, 0.5) is 4.39 Å². The Hall–Kier alpha value is -1.86. The number of hydrogen-bond acceptors (Lipinski definition) is 4. The van der Waals surface area contributed by atoms with Crippen molar-refractivity contribution in [2.75, 3.05) is 31.9 Å². The first kappa shape index (κ1) is 17.0. The number of benzene rings is 1. The minimum atomic E-state index is -0.304. The summed E-state index contributed by atoms with van der Waals surface area (Å²) < 4.78 is 13.6. The molecular formula is C17H17FN2O2S2. The molecule has 0 aliphatic carbocycles. The molecule has 2 heterocycles. The van der Waals surface area contributed by atoms with Gasteiger partial charge >= 0.3 is 0 Å². The number of thioether (sulfide) groups is 1. The Labute approximate surface area is 148 Å². The number of halogens is 1. The molecule has 126 valence electrons.